The minimum atomic E-state index is -1.16. The Morgan fingerprint density at radius 1 is 1.07 bits per heavy atom. The summed E-state index contributed by atoms with van der Waals surface area (Å²) >= 11 is 0. The van der Waals surface area contributed by atoms with Crippen LogP contribution < -0.4 is 9.64 Å². The Kier molecular flexibility index (Phi) is 4.22. The maximum Gasteiger partial charge on any atom is 0.238 e. The number of methoxy groups -OCH3 is 1. The highest BCUT2D eigenvalue weighted by molar-refractivity contribution is 6.20. The summed E-state index contributed by atoms with van der Waals surface area (Å²) in [6.07, 6.45) is 0.419. The Balaban J connectivity index is 1.87. The van der Waals surface area contributed by atoms with Gasteiger partial charge in [0.1, 0.15) is 11.7 Å². The predicted octanol–water partition coefficient (Wildman–Crippen LogP) is 2.27. The summed E-state index contributed by atoms with van der Waals surface area (Å²) in [6.45, 7) is 0.430. The summed E-state index contributed by atoms with van der Waals surface area (Å²) in [6, 6.07) is 14.1. The van der Waals surface area contributed by atoms with Crippen LogP contribution >= 0.6 is 0 Å². The number of piperidine rings is 1. The predicted molar refractivity (Wildman–Crippen MR) is 105 cm³/mol. The van der Waals surface area contributed by atoms with Gasteiger partial charge in [0.25, 0.3) is 0 Å². The number of hydrogen-bond donors (Lipinski definition) is 0. The van der Waals surface area contributed by atoms with Gasteiger partial charge < -0.3 is 14.5 Å². The van der Waals surface area contributed by atoms with E-state index in [1.165, 1.54) is 0 Å². The van der Waals surface area contributed by atoms with E-state index < -0.39 is 11.3 Å². The summed E-state index contributed by atoms with van der Waals surface area (Å²) in [5, 5.41) is 0. The zero-order valence-corrected chi connectivity index (χ0v) is 16.1. The van der Waals surface area contributed by atoms with E-state index >= 15 is 0 Å². The minimum Gasteiger partial charge on any atom is -0.497 e. The normalized spacial score (nSPS) is 23.9. The minimum absolute atomic E-state index is 0.193. The molecule has 2 heterocycles. The molecular weight excluding hydrogens is 356 g/mol. The molecule has 6 nitrogen and oxygen atoms in total. The van der Waals surface area contributed by atoms with E-state index in [-0.39, 0.29) is 17.6 Å². The van der Waals surface area contributed by atoms with E-state index in [1.807, 2.05) is 24.3 Å². The molecule has 6 heteroatoms. The van der Waals surface area contributed by atoms with Crippen LogP contribution in [0.1, 0.15) is 22.3 Å². The van der Waals surface area contributed by atoms with Crippen molar-refractivity contribution in [3.05, 3.63) is 59.7 Å². The van der Waals surface area contributed by atoms with Crippen LogP contribution in [0.15, 0.2) is 48.5 Å². The van der Waals surface area contributed by atoms with Crippen LogP contribution in [-0.4, -0.2) is 50.2 Å². The summed E-state index contributed by atoms with van der Waals surface area (Å²) in [4.78, 5) is 43.3. The monoisotopic (exact) mass is 378 g/mol. The summed E-state index contributed by atoms with van der Waals surface area (Å²) in [5.41, 5.74) is 0.758. The second-order valence-electron chi connectivity index (χ2n) is 7.39. The number of benzene rings is 2. The van der Waals surface area contributed by atoms with Crippen LogP contribution in [0.25, 0.3) is 0 Å². The fourth-order valence-electron chi connectivity index (χ4n) is 4.48. The van der Waals surface area contributed by atoms with Crippen molar-refractivity contribution in [3.63, 3.8) is 0 Å². The lowest BCUT2D eigenvalue weighted by atomic mass is 9.63. The Morgan fingerprint density at radius 3 is 2.43 bits per heavy atom. The molecular formula is C22H22N2O4. The van der Waals surface area contributed by atoms with Gasteiger partial charge >= 0.3 is 0 Å². The third-order valence-corrected chi connectivity index (χ3v) is 6.03. The molecule has 1 saturated heterocycles. The Bertz CT molecular complexity index is 969. The lowest BCUT2D eigenvalue weighted by Crippen LogP contribution is -2.59. The van der Waals surface area contributed by atoms with Crippen molar-refractivity contribution < 1.29 is 19.1 Å². The molecule has 0 bridgehead atoms. The first kappa shape index (κ1) is 18.2. The van der Waals surface area contributed by atoms with Crippen LogP contribution in [0.4, 0.5) is 5.69 Å². The molecule has 0 radical (unpaired) electrons. The van der Waals surface area contributed by atoms with Gasteiger partial charge in [-0.05, 0) is 42.3 Å². The number of ketones is 1. The number of amides is 2. The molecule has 1 fully saturated rings. The molecule has 0 saturated carbocycles. The zero-order chi connectivity index (χ0) is 20.1. The smallest absolute Gasteiger partial charge is 0.238 e. The van der Waals surface area contributed by atoms with Gasteiger partial charge in [-0.3, -0.25) is 14.4 Å². The SMILES string of the molecule is COc1ccc(C(=O)C2C(=O)N(C)CCC23C(=O)N(C)c2ccccc23)cc1. The third-order valence-electron chi connectivity index (χ3n) is 6.03. The average molecular weight is 378 g/mol. The molecule has 2 aromatic rings. The highest BCUT2D eigenvalue weighted by Gasteiger charge is 2.61. The van der Waals surface area contributed by atoms with E-state index in [0.29, 0.717) is 24.3 Å². The average Bonchev–Trinajstić information content (AvgIpc) is 2.94. The van der Waals surface area contributed by atoms with Crippen LogP contribution in [0.5, 0.6) is 5.75 Å². The maximum atomic E-state index is 13.5. The number of likely N-dealkylation sites (N-methyl/N-ethyl adjacent to an activating group) is 1. The van der Waals surface area contributed by atoms with E-state index in [2.05, 4.69) is 0 Å². The number of hydrogen-bond acceptors (Lipinski definition) is 4. The quantitative estimate of drug-likeness (QED) is 0.607. The van der Waals surface area contributed by atoms with Gasteiger partial charge in [0, 0.05) is 31.9 Å². The van der Waals surface area contributed by atoms with Crippen molar-refractivity contribution in [1.82, 2.24) is 4.90 Å². The molecule has 0 aliphatic carbocycles. The van der Waals surface area contributed by atoms with Gasteiger partial charge in [-0.15, -0.1) is 0 Å². The molecule has 0 aromatic heterocycles. The molecule has 4 rings (SSSR count). The molecule has 2 amide bonds. The van der Waals surface area contributed by atoms with Gasteiger partial charge in [-0.25, -0.2) is 0 Å². The lowest BCUT2D eigenvalue weighted by molar-refractivity contribution is -0.143. The Hall–Kier alpha value is -3.15. The number of fused-ring (bicyclic) bond motifs is 2. The zero-order valence-electron chi connectivity index (χ0n) is 16.1. The van der Waals surface area contributed by atoms with Crippen LogP contribution in [0.3, 0.4) is 0 Å². The topological polar surface area (TPSA) is 66.9 Å². The van der Waals surface area contributed by atoms with E-state index in [1.54, 1.807) is 55.3 Å². The van der Waals surface area contributed by atoms with Gasteiger partial charge in [0.15, 0.2) is 5.78 Å². The summed E-state index contributed by atoms with van der Waals surface area (Å²) in [7, 11) is 4.93. The van der Waals surface area contributed by atoms with Crippen LogP contribution in [0, 0.1) is 5.92 Å². The molecule has 2 atom stereocenters. The standard InChI is InChI=1S/C22H22N2O4/c1-23-13-12-22(16-6-4-5-7-17(16)24(2)21(22)27)18(20(23)26)19(25)14-8-10-15(28-3)11-9-14/h4-11,18H,12-13H2,1-3H3. The third kappa shape index (κ3) is 2.37. The second-order valence-corrected chi connectivity index (χ2v) is 7.39. The number of ether oxygens (including phenoxy) is 1. The van der Waals surface area contributed by atoms with Crippen molar-refractivity contribution in [2.75, 3.05) is 32.6 Å². The molecule has 2 aliphatic rings. The van der Waals surface area contributed by atoms with E-state index in [4.69, 9.17) is 4.74 Å². The molecule has 144 valence electrons. The van der Waals surface area contributed by atoms with Crippen molar-refractivity contribution in [1.29, 1.82) is 0 Å². The Labute approximate surface area is 163 Å². The summed E-state index contributed by atoms with van der Waals surface area (Å²) in [5.74, 6) is -1.30. The number of rotatable bonds is 3. The number of nitrogens with zero attached hydrogens (tertiary/aromatic N) is 2. The van der Waals surface area contributed by atoms with Crippen LogP contribution in [0.2, 0.25) is 0 Å². The molecule has 1 spiro atoms. The molecule has 2 aromatic carbocycles. The Morgan fingerprint density at radius 2 is 1.75 bits per heavy atom. The maximum absolute atomic E-state index is 13.5. The van der Waals surface area contributed by atoms with Crippen molar-refractivity contribution in [2.24, 2.45) is 5.92 Å². The first-order valence-electron chi connectivity index (χ1n) is 9.22. The van der Waals surface area contributed by atoms with Gasteiger partial charge in [0.2, 0.25) is 11.8 Å². The van der Waals surface area contributed by atoms with Gasteiger partial charge in [0.05, 0.1) is 12.5 Å². The van der Waals surface area contributed by atoms with Crippen molar-refractivity contribution in [3.8, 4) is 5.75 Å². The van der Waals surface area contributed by atoms with Crippen molar-refractivity contribution in [2.45, 2.75) is 11.8 Å². The molecule has 2 unspecified atom stereocenters. The van der Waals surface area contributed by atoms with Gasteiger partial charge in [-0.1, -0.05) is 18.2 Å². The highest BCUT2D eigenvalue weighted by Crippen LogP contribution is 2.51. The molecule has 2 aliphatic heterocycles. The number of para-hydroxylation sites is 1. The number of likely N-dealkylation sites (tertiary alicyclic amines) is 1. The second kappa shape index (κ2) is 6.48. The number of Topliss-reactive ketones (excluding diaryl/α,β-unsaturated/α-hetero) is 1. The summed E-state index contributed by atoms with van der Waals surface area (Å²) < 4.78 is 5.16. The van der Waals surface area contributed by atoms with Gasteiger partial charge in [-0.2, -0.15) is 0 Å². The first-order valence-corrected chi connectivity index (χ1v) is 9.22. The lowest BCUT2D eigenvalue weighted by Gasteiger charge is -2.42. The largest absolute Gasteiger partial charge is 0.497 e. The molecule has 28 heavy (non-hydrogen) atoms. The molecule has 0 N–H and O–H groups in total. The highest BCUT2D eigenvalue weighted by atomic mass is 16.5. The number of carbonyl (C=O) groups excluding carboxylic acids is 3. The van der Waals surface area contributed by atoms with Crippen LogP contribution in [-0.2, 0) is 15.0 Å². The fourth-order valence-corrected chi connectivity index (χ4v) is 4.48. The first-order chi connectivity index (χ1) is 13.4. The number of anilines is 1. The number of carbonyl (C=O) groups is 3. The van der Waals surface area contributed by atoms with Crippen molar-refractivity contribution >= 4 is 23.3 Å². The van der Waals surface area contributed by atoms with E-state index in [0.717, 1.165) is 11.3 Å². The fraction of sp³-hybridized carbons (Fsp3) is 0.318. The van der Waals surface area contributed by atoms with E-state index in [9.17, 15) is 14.4 Å².